The maximum atomic E-state index is 3.48. The molecule has 2 heteroatoms. The molecule has 1 aromatic carbocycles. The zero-order chi connectivity index (χ0) is 15.1. The van der Waals surface area contributed by atoms with Gasteiger partial charge in [-0.1, -0.05) is 51.5 Å². The number of rotatable bonds is 7. The Balaban J connectivity index is 1.83. The van der Waals surface area contributed by atoms with Crippen molar-refractivity contribution in [2.24, 2.45) is 0 Å². The standard InChI is InChI=1S/C19H32N2/c1-4-19-7-5-6-14-21(19)15-18-10-8-17(9-11-18)12-13-20-16(2)3/h8-11,16,19-20H,4-7,12-15H2,1-3H3. The summed E-state index contributed by atoms with van der Waals surface area (Å²) in [6.07, 6.45) is 6.58. The van der Waals surface area contributed by atoms with Crippen LogP contribution in [-0.4, -0.2) is 30.1 Å². The average molecular weight is 288 g/mol. The largest absolute Gasteiger partial charge is 0.314 e. The fourth-order valence-electron chi connectivity index (χ4n) is 3.28. The summed E-state index contributed by atoms with van der Waals surface area (Å²) in [5.41, 5.74) is 2.91. The van der Waals surface area contributed by atoms with E-state index in [9.17, 15) is 0 Å². The van der Waals surface area contributed by atoms with Gasteiger partial charge in [-0.15, -0.1) is 0 Å². The summed E-state index contributed by atoms with van der Waals surface area (Å²) >= 11 is 0. The molecule has 1 saturated heterocycles. The first-order valence-electron chi connectivity index (χ1n) is 8.74. The molecule has 2 nitrogen and oxygen atoms in total. The van der Waals surface area contributed by atoms with Gasteiger partial charge in [0.2, 0.25) is 0 Å². The molecule has 0 bridgehead atoms. The number of likely N-dealkylation sites (tertiary alicyclic amines) is 1. The molecule has 1 aromatic rings. The Morgan fingerprint density at radius 1 is 1.14 bits per heavy atom. The molecule has 0 saturated carbocycles. The minimum absolute atomic E-state index is 0.578. The number of nitrogens with one attached hydrogen (secondary N) is 1. The van der Waals surface area contributed by atoms with Crippen LogP contribution in [0.1, 0.15) is 57.6 Å². The lowest BCUT2D eigenvalue weighted by molar-refractivity contribution is 0.136. The van der Waals surface area contributed by atoms with E-state index >= 15 is 0 Å². The molecule has 1 atom stereocenters. The Morgan fingerprint density at radius 2 is 1.86 bits per heavy atom. The van der Waals surface area contributed by atoms with Crippen molar-refractivity contribution in [2.75, 3.05) is 13.1 Å². The molecular weight excluding hydrogens is 256 g/mol. The Bertz CT molecular complexity index is 397. The lowest BCUT2D eigenvalue weighted by atomic mass is 9.99. The van der Waals surface area contributed by atoms with Crippen molar-refractivity contribution in [3.63, 3.8) is 0 Å². The van der Waals surface area contributed by atoms with Crippen molar-refractivity contribution in [3.05, 3.63) is 35.4 Å². The Labute approximate surface area is 130 Å². The fraction of sp³-hybridized carbons (Fsp3) is 0.684. The lowest BCUT2D eigenvalue weighted by Crippen LogP contribution is -2.38. The van der Waals surface area contributed by atoms with Crippen molar-refractivity contribution >= 4 is 0 Å². The SMILES string of the molecule is CCC1CCCCN1Cc1ccc(CCNC(C)C)cc1. The van der Waals surface area contributed by atoms with Gasteiger partial charge in [0, 0.05) is 18.6 Å². The third-order valence-electron chi connectivity index (χ3n) is 4.60. The van der Waals surface area contributed by atoms with E-state index in [1.165, 1.54) is 43.4 Å². The van der Waals surface area contributed by atoms with Crippen LogP contribution in [0.15, 0.2) is 24.3 Å². The van der Waals surface area contributed by atoms with E-state index in [1.54, 1.807) is 0 Å². The van der Waals surface area contributed by atoms with Crippen LogP contribution in [0.25, 0.3) is 0 Å². The van der Waals surface area contributed by atoms with Gasteiger partial charge in [-0.05, 0) is 49.9 Å². The van der Waals surface area contributed by atoms with Crippen molar-refractivity contribution < 1.29 is 0 Å². The van der Waals surface area contributed by atoms with Gasteiger partial charge < -0.3 is 5.32 Å². The van der Waals surface area contributed by atoms with Crippen molar-refractivity contribution in [3.8, 4) is 0 Å². The molecule has 1 unspecified atom stereocenters. The summed E-state index contributed by atoms with van der Waals surface area (Å²) in [5.74, 6) is 0. The molecule has 1 aliphatic heterocycles. The van der Waals surface area contributed by atoms with E-state index in [1.807, 2.05) is 0 Å². The van der Waals surface area contributed by atoms with Crippen molar-refractivity contribution in [1.29, 1.82) is 0 Å². The first-order chi connectivity index (χ1) is 10.2. The number of nitrogens with zero attached hydrogens (tertiary/aromatic N) is 1. The maximum absolute atomic E-state index is 3.48. The monoisotopic (exact) mass is 288 g/mol. The number of piperidine rings is 1. The molecule has 2 rings (SSSR count). The second kappa shape index (κ2) is 8.55. The van der Waals surface area contributed by atoms with Gasteiger partial charge in [-0.25, -0.2) is 0 Å². The number of hydrogen-bond donors (Lipinski definition) is 1. The zero-order valence-electron chi connectivity index (χ0n) is 14.1. The quantitative estimate of drug-likeness (QED) is 0.816. The maximum Gasteiger partial charge on any atom is 0.0236 e. The van der Waals surface area contributed by atoms with E-state index in [0.29, 0.717) is 6.04 Å². The highest BCUT2D eigenvalue weighted by Crippen LogP contribution is 2.21. The van der Waals surface area contributed by atoms with Crippen LogP contribution in [0.4, 0.5) is 0 Å². The Hall–Kier alpha value is -0.860. The zero-order valence-corrected chi connectivity index (χ0v) is 14.1. The van der Waals surface area contributed by atoms with Crippen LogP contribution in [0.2, 0.25) is 0 Å². The molecule has 118 valence electrons. The highest BCUT2D eigenvalue weighted by atomic mass is 15.2. The summed E-state index contributed by atoms with van der Waals surface area (Å²) in [5, 5.41) is 3.48. The molecule has 0 spiro atoms. The van der Waals surface area contributed by atoms with Crippen LogP contribution in [0, 0.1) is 0 Å². The predicted octanol–water partition coefficient (Wildman–Crippen LogP) is 3.99. The van der Waals surface area contributed by atoms with Crippen LogP contribution >= 0.6 is 0 Å². The molecular formula is C19H32N2. The average Bonchev–Trinajstić information content (AvgIpc) is 2.49. The summed E-state index contributed by atoms with van der Waals surface area (Å²) in [7, 11) is 0. The third-order valence-corrected chi connectivity index (χ3v) is 4.60. The highest BCUT2D eigenvalue weighted by molar-refractivity contribution is 5.23. The van der Waals surface area contributed by atoms with Gasteiger partial charge in [0.15, 0.2) is 0 Å². The Morgan fingerprint density at radius 3 is 2.52 bits per heavy atom. The molecule has 21 heavy (non-hydrogen) atoms. The van der Waals surface area contributed by atoms with Gasteiger partial charge in [0.25, 0.3) is 0 Å². The fourth-order valence-corrected chi connectivity index (χ4v) is 3.28. The highest BCUT2D eigenvalue weighted by Gasteiger charge is 2.20. The van der Waals surface area contributed by atoms with Gasteiger partial charge in [0.1, 0.15) is 0 Å². The molecule has 1 N–H and O–H groups in total. The van der Waals surface area contributed by atoms with Crippen LogP contribution in [-0.2, 0) is 13.0 Å². The normalized spacial score (nSPS) is 20.1. The van der Waals surface area contributed by atoms with E-state index < -0.39 is 0 Å². The van der Waals surface area contributed by atoms with E-state index in [4.69, 9.17) is 0 Å². The smallest absolute Gasteiger partial charge is 0.0236 e. The molecule has 0 radical (unpaired) electrons. The predicted molar refractivity (Wildman–Crippen MR) is 91.6 cm³/mol. The molecule has 0 amide bonds. The van der Waals surface area contributed by atoms with Crippen molar-refractivity contribution in [2.45, 2.75) is 71.5 Å². The molecule has 1 fully saturated rings. The number of hydrogen-bond acceptors (Lipinski definition) is 2. The summed E-state index contributed by atoms with van der Waals surface area (Å²) in [6.45, 7) is 10.2. The lowest BCUT2D eigenvalue weighted by Gasteiger charge is -2.35. The van der Waals surface area contributed by atoms with E-state index in [2.05, 4.69) is 55.3 Å². The second-order valence-corrected chi connectivity index (χ2v) is 6.70. The van der Waals surface area contributed by atoms with Gasteiger partial charge >= 0.3 is 0 Å². The van der Waals surface area contributed by atoms with Gasteiger partial charge in [-0.2, -0.15) is 0 Å². The number of benzene rings is 1. The first kappa shape index (κ1) is 16.5. The third kappa shape index (κ3) is 5.44. The molecule has 0 aromatic heterocycles. The minimum atomic E-state index is 0.578. The van der Waals surface area contributed by atoms with Crippen LogP contribution in [0.3, 0.4) is 0 Å². The first-order valence-corrected chi connectivity index (χ1v) is 8.74. The van der Waals surface area contributed by atoms with Crippen LogP contribution < -0.4 is 5.32 Å². The van der Waals surface area contributed by atoms with E-state index in [-0.39, 0.29) is 0 Å². The molecule has 0 aliphatic carbocycles. The van der Waals surface area contributed by atoms with E-state index in [0.717, 1.165) is 25.6 Å². The van der Waals surface area contributed by atoms with Crippen LogP contribution in [0.5, 0.6) is 0 Å². The minimum Gasteiger partial charge on any atom is -0.314 e. The van der Waals surface area contributed by atoms with Gasteiger partial charge in [0.05, 0.1) is 0 Å². The van der Waals surface area contributed by atoms with Gasteiger partial charge in [-0.3, -0.25) is 4.90 Å². The van der Waals surface area contributed by atoms with Crippen molar-refractivity contribution in [1.82, 2.24) is 10.2 Å². The molecule has 1 aliphatic rings. The second-order valence-electron chi connectivity index (χ2n) is 6.70. The topological polar surface area (TPSA) is 15.3 Å². The summed E-state index contributed by atoms with van der Waals surface area (Å²) in [4.78, 5) is 2.68. The summed E-state index contributed by atoms with van der Waals surface area (Å²) < 4.78 is 0. The molecule has 1 heterocycles. The Kier molecular flexibility index (Phi) is 6.72. The summed E-state index contributed by atoms with van der Waals surface area (Å²) in [6, 6.07) is 10.6.